The van der Waals surface area contributed by atoms with Crippen LogP contribution in [0.15, 0.2) is 53.4 Å². The number of hydrogen-bond acceptors (Lipinski definition) is 4. The predicted octanol–water partition coefficient (Wildman–Crippen LogP) is 2.65. The summed E-state index contributed by atoms with van der Waals surface area (Å²) in [5.41, 5.74) is 1.45. The van der Waals surface area contributed by atoms with Gasteiger partial charge in [-0.05, 0) is 49.7 Å². The highest BCUT2D eigenvalue weighted by Gasteiger charge is 2.18. The summed E-state index contributed by atoms with van der Waals surface area (Å²) in [6.07, 6.45) is -0.689. The van der Waals surface area contributed by atoms with E-state index in [1.807, 2.05) is 25.1 Å². The third-order valence-corrected chi connectivity index (χ3v) is 5.50. The van der Waals surface area contributed by atoms with Crippen molar-refractivity contribution in [2.24, 2.45) is 0 Å². The number of anilines is 1. The standard InChI is InChI=1S/C18H22N2O4S/c1-13-7-5-6-8-17(13)24-14(2)18(21)19-15-9-11-16(12-10-15)25(22,23)20(3)4/h5-12,14H,1-4H3,(H,19,21)/t14-/m0/s1. The summed E-state index contributed by atoms with van der Waals surface area (Å²) in [5, 5.41) is 2.72. The molecule has 0 aromatic heterocycles. The number of nitrogens with zero attached hydrogens (tertiary/aromatic N) is 1. The lowest BCUT2D eigenvalue weighted by Crippen LogP contribution is -2.30. The summed E-state index contributed by atoms with van der Waals surface area (Å²) in [6, 6.07) is 13.5. The van der Waals surface area contributed by atoms with Crippen molar-refractivity contribution in [3.8, 4) is 5.75 Å². The number of carbonyl (C=O) groups excluding carboxylic acids is 1. The highest BCUT2D eigenvalue weighted by Crippen LogP contribution is 2.19. The average Bonchev–Trinajstić information content (AvgIpc) is 2.57. The Bertz CT molecular complexity index is 846. The molecule has 134 valence electrons. The van der Waals surface area contributed by atoms with Gasteiger partial charge in [0.2, 0.25) is 10.0 Å². The summed E-state index contributed by atoms with van der Waals surface area (Å²) in [7, 11) is -0.552. The molecule has 7 heteroatoms. The van der Waals surface area contributed by atoms with Gasteiger partial charge in [0, 0.05) is 19.8 Å². The Hall–Kier alpha value is -2.38. The van der Waals surface area contributed by atoms with Gasteiger partial charge >= 0.3 is 0 Å². The van der Waals surface area contributed by atoms with Crippen LogP contribution in [0.1, 0.15) is 12.5 Å². The van der Waals surface area contributed by atoms with Crippen molar-refractivity contribution in [3.05, 3.63) is 54.1 Å². The molecule has 0 saturated carbocycles. The number of sulfonamides is 1. The topological polar surface area (TPSA) is 75.7 Å². The fourth-order valence-corrected chi connectivity index (χ4v) is 3.00. The van der Waals surface area contributed by atoms with Gasteiger partial charge in [-0.3, -0.25) is 4.79 Å². The van der Waals surface area contributed by atoms with Crippen molar-refractivity contribution < 1.29 is 17.9 Å². The molecular weight excluding hydrogens is 340 g/mol. The number of nitrogens with one attached hydrogen (secondary N) is 1. The largest absolute Gasteiger partial charge is 0.481 e. The van der Waals surface area contributed by atoms with Crippen LogP contribution in [0.5, 0.6) is 5.75 Å². The first kappa shape index (κ1) is 19.0. The third kappa shape index (κ3) is 4.58. The van der Waals surface area contributed by atoms with Gasteiger partial charge in [0.1, 0.15) is 5.75 Å². The van der Waals surface area contributed by atoms with Gasteiger partial charge < -0.3 is 10.1 Å². The summed E-state index contributed by atoms with van der Waals surface area (Å²) in [6.45, 7) is 3.57. The quantitative estimate of drug-likeness (QED) is 0.857. The second-order valence-electron chi connectivity index (χ2n) is 5.83. The van der Waals surface area contributed by atoms with Crippen LogP contribution in [-0.4, -0.2) is 38.8 Å². The van der Waals surface area contributed by atoms with E-state index in [9.17, 15) is 13.2 Å². The molecule has 2 aromatic carbocycles. The van der Waals surface area contributed by atoms with Crippen molar-refractivity contribution in [3.63, 3.8) is 0 Å². The van der Waals surface area contributed by atoms with Gasteiger partial charge in [0.15, 0.2) is 6.10 Å². The van der Waals surface area contributed by atoms with Crippen LogP contribution < -0.4 is 10.1 Å². The van der Waals surface area contributed by atoms with Crippen LogP contribution in [0.2, 0.25) is 0 Å². The number of amides is 1. The molecule has 1 N–H and O–H groups in total. The minimum Gasteiger partial charge on any atom is -0.481 e. The molecule has 0 saturated heterocycles. The fourth-order valence-electron chi connectivity index (χ4n) is 2.10. The minimum absolute atomic E-state index is 0.166. The van der Waals surface area contributed by atoms with E-state index in [4.69, 9.17) is 4.74 Å². The Labute approximate surface area is 148 Å². The van der Waals surface area contributed by atoms with Gasteiger partial charge in [-0.2, -0.15) is 0 Å². The fraction of sp³-hybridized carbons (Fsp3) is 0.278. The molecule has 1 amide bonds. The predicted molar refractivity (Wildman–Crippen MR) is 97.2 cm³/mol. The number of aryl methyl sites for hydroxylation is 1. The van der Waals surface area contributed by atoms with E-state index in [-0.39, 0.29) is 10.8 Å². The molecule has 0 bridgehead atoms. The van der Waals surface area contributed by atoms with E-state index in [0.29, 0.717) is 11.4 Å². The zero-order valence-corrected chi connectivity index (χ0v) is 15.5. The molecule has 0 fully saturated rings. The molecule has 1 atom stereocenters. The molecule has 6 nitrogen and oxygen atoms in total. The Morgan fingerprint density at radius 3 is 2.24 bits per heavy atom. The Morgan fingerprint density at radius 2 is 1.68 bits per heavy atom. The molecule has 2 rings (SSSR count). The van der Waals surface area contributed by atoms with E-state index in [1.165, 1.54) is 26.2 Å². The number of carbonyl (C=O) groups is 1. The molecule has 0 heterocycles. The number of hydrogen-bond donors (Lipinski definition) is 1. The molecule has 0 aliphatic rings. The van der Waals surface area contributed by atoms with Crippen LogP contribution in [0.4, 0.5) is 5.69 Å². The third-order valence-electron chi connectivity index (χ3n) is 3.67. The van der Waals surface area contributed by atoms with Gasteiger partial charge in [-0.15, -0.1) is 0 Å². The van der Waals surface area contributed by atoms with E-state index in [2.05, 4.69) is 5.32 Å². The lowest BCUT2D eigenvalue weighted by Gasteiger charge is -2.16. The van der Waals surface area contributed by atoms with Crippen LogP contribution in [0.25, 0.3) is 0 Å². The maximum atomic E-state index is 12.3. The second kappa shape index (κ2) is 7.67. The minimum atomic E-state index is -3.49. The highest BCUT2D eigenvalue weighted by atomic mass is 32.2. The number of para-hydroxylation sites is 1. The van der Waals surface area contributed by atoms with Crippen molar-refractivity contribution >= 4 is 21.6 Å². The first-order valence-electron chi connectivity index (χ1n) is 7.77. The smallest absolute Gasteiger partial charge is 0.265 e. The van der Waals surface area contributed by atoms with E-state index in [0.717, 1.165) is 9.87 Å². The van der Waals surface area contributed by atoms with Crippen molar-refractivity contribution in [1.29, 1.82) is 0 Å². The zero-order chi connectivity index (χ0) is 18.6. The van der Waals surface area contributed by atoms with E-state index >= 15 is 0 Å². The van der Waals surface area contributed by atoms with Crippen LogP contribution in [0.3, 0.4) is 0 Å². The Balaban J connectivity index is 2.04. The van der Waals surface area contributed by atoms with Crippen LogP contribution in [-0.2, 0) is 14.8 Å². The van der Waals surface area contributed by atoms with E-state index < -0.39 is 16.1 Å². The van der Waals surface area contributed by atoms with Gasteiger partial charge in [-0.25, -0.2) is 12.7 Å². The average molecular weight is 362 g/mol. The summed E-state index contributed by atoms with van der Waals surface area (Å²) in [4.78, 5) is 12.4. The number of benzene rings is 2. The maximum Gasteiger partial charge on any atom is 0.265 e. The molecule has 0 aliphatic carbocycles. The summed E-state index contributed by atoms with van der Waals surface area (Å²) >= 11 is 0. The second-order valence-corrected chi connectivity index (χ2v) is 7.98. The molecule has 0 radical (unpaired) electrons. The highest BCUT2D eigenvalue weighted by molar-refractivity contribution is 7.89. The first-order valence-corrected chi connectivity index (χ1v) is 9.21. The molecule has 2 aromatic rings. The van der Waals surface area contributed by atoms with Gasteiger partial charge in [0.05, 0.1) is 4.90 Å². The van der Waals surface area contributed by atoms with Gasteiger partial charge in [0.25, 0.3) is 5.91 Å². The molecule has 25 heavy (non-hydrogen) atoms. The zero-order valence-electron chi connectivity index (χ0n) is 14.7. The lowest BCUT2D eigenvalue weighted by molar-refractivity contribution is -0.122. The summed E-state index contributed by atoms with van der Waals surface area (Å²) < 4.78 is 30.9. The van der Waals surface area contributed by atoms with Crippen molar-refractivity contribution in [2.75, 3.05) is 19.4 Å². The Kier molecular flexibility index (Phi) is 5.81. The normalized spacial score (nSPS) is 12.7. The molecule has 0 unspecified atom stereocenters. The van der Waals surface area contributed by atoms with Gasteiger partial charge in [-0.1, -0.05) is 18.2 Å². The maximum absolute atomic E-state index is 12.3. The monoisotopic (exact) mass is 362 g/mol. The number of ether oxygens (including phenoxy) is 1. The molecular formula is C18H22N2O4S. The van der Waals surface area contributed by atoms with Crippen LogP contribution >= 0.6 is 0 Å². The molecule has 0 spiro atoms. The molecule has 0 aliphatic heterocycles. The van der Waals surface area contributed by atoms with Crippen molar-refractivity contribution in [1.82, 2.24) is 4.31 Å². The number of rotatable bonds is 6. The summed E-state index contributed by atoms with van der Waals surface area (Å²) in [5.74, 6) is 0.337. The SMILES string of the molecule is Cc1ccccc1O[C@@H](C)C(=O)Nc1ccc(S(=O)(=O)N(C)C)cc1. The first-order chi connectivity index (χ1) is 11.7. The lowest BCUT2D eigenvalue weighted by atomic mass is 10.2. The van der Waals surface area contributed by atoms with Crippen LogP contribution in [0, 0.1) is 6.92 Å². The van der Waals surface area contributed by atoms with Crippen molar-refractivity contribution in [2.45, 2.75) is 24.8 Å². The van der Waals surface area contributed by atoms with E-state index in [1.54, 1.807) is 25.1 Å². The Morgan fingerprint density at radius 1 is 1.08 bits per heavy atom.